The predicted octanol–water partition coefficient (Wildman–Crippen LogP) is 1.78. The van der Waals surface area contributed by atoms with E-state index in [4.69, 9.17) is 0 Å². The number of hydrogen-bond donors (Lipinski definition) is 0. The Labute approximate surface area is 56.9 Å². The van der Waals surface area contributed by atoms with E-state index in [1.807, 2.05) is 0 Å². The number of halogens is 1. The molecule has 1 rings (SSSR count). The van der Waals surface area contributed by atoms with Crippen LogP contribution in [0.1, 0.15) is 10.4 Å². The lowest BCUT2D eigenvalue weighted by Crippen LogP contribution is -1.80. The Morgan fingerprint density at radius 2 is 2.10 bits per heavy atom. The predicted molar refractivity (Wildman–Crippen MR) is 31.9 cm³/mol. The van der Waals surface area contributed by atoms with Crippen molar-refractivity contribution in [2.45, 2.75) is 0 Å². The molecule has 1 radical (unpaired) electrons. The summed E-state index contributed by atoms with van der Waals surface area (Å²) in [5.41, 5.74) is 0.178. The van der Waals surface area contributed by atoms with E-state index in [0.29, 0.717) is 6.29 Å². The van der Waals surface area contributed by atoms with Gasteiger partial charge in [0.1, 0.15) is 6.29 Å². The lowest BCUT2D eigenvalue weighted by atomic mass is 10.2. The molecule has 0 fully saturated rings. The summed E-state index contributed by atoms with van der Waals surface area (Å²) < 4.78 is 12.3. The number of benzene rings is 1. The van der Waals surface area contributed by atoms with E-state index in [1.165, 1.54) is 6.07 Å². The van der Waals surface area contributed by atoms with Crippen LogP contribution in [-0.4, -0.2) is 6.29 Å². The maximum Gasteiger partial charge on any atom is 0.214 e. The zero-order valence-corrected chi connectivity index (χ0v) is 5.00. The van der Waals surface area contributed by atoms with E-state index in [1.54, 1.807) is 0 Å². The number of aldehydes is 1. The molecule has 0 unspecified atom stereocenters. The third kappa shape index (κ3) is 1.13. The van der Waals surface area contributed by atoms with Gasteiger partial charge in [-0.05, 0) is 18.2 Å². The first-order valence-electron chi connectivity index (χ1n) is 2.66. The van der Waals surface area contributed by atoms with Crippen LogP contribution in [0.5, 0.6) is 5.75 Å². The van der Waals surface area contributed by atoms with Gasteiger partial charge in [0.15, 0.2) is 5.82 Å². The monoisotopic (exact) mass is 139 g/mol. The van der Waals surface area contributed by atoms with Crippen molar-refractivity contribution >= 4 is 6.29 Å². The summed E-state index contributed by atoms with van der Waals surface area (Å²) in [4.78, 5) is 10.0. The van der Waals surface area contributed by atoms with Crippen LogP contribution in [0.15, 0.2) is 18.2 Å². The second kappa shape index (κ2) is 2.47. The molecule has 0 aromatic heterocycles. The summed E-state index contributed by atoms with van der Waals surface area (Å²) in [6.45, 7) is 0. The maximum atomic E-state index is 12.3. The molecule has 3 heteroatoms. The quantitative estimate of drug-likeness (QED) is 0.546. The fourth-order valence-electron chi connectivity index (χ4n) is 0.590. The highest BCUT2D eigenvalue weighted by atomic mass is 19.1. The van der Waals surface area contributed by atoms with E-state index < -0.39 is 11.6 Å². The summed E-state index contributed by atoms with van der Waals surface area (Å²) in [5.74, 6) is -1.57. The SMILES string of the molecule is [O]c1ccc(C=O)cc1F. The molecule has 0 bridgehead atoms. The minimum atomic E-state index is -0.885. The lowest BCUT2D eigenvalue weighted by molar-refractivity contribution is 0.112. The molecule has 0 aliphatic heterocycles. The molecule has 10 heavy (non-hydrogen) atoms. The first-order chi connectivity index (χ1) is 4.74. The van der Waals surface area contributed by atoms with Gasteiger partial charge in [0, 0.05) is 5.56 Å². The zero-order chi connectivity index (χ0) is 7.56. The van der Waals surface area contributed by atoms with Gasteiger partial charge < -0.3 is 0 Å². The average molecular weight is 139 g/mol. The van der Waals surface area contributed by atoms with Crippen molar-refractivity contribution in [2.75, 3.05) is 0 Å². The third-order valence-electron chi connectivity index (χ3n) is 1.09. The first kappa shape index (κ1) is 6.74. The molecule has 0 saturated carbocycles. The highest BCUT2D eigenvalue weighted by molar-refractivity contribution is 5.74. The normalized spacial score (nSPS) is 9.30. The van der Waals surface area contributed by atoms with E-state index in [-0.39, 0.29) is 5.56 Å². The van der Waals surface area contributed by atoms with Crippen molar-refractivity contribution in [1.82, 2.24) is 0 Å². The molecular weight excluding hydrogens is 135 g/mol. The van der Waals surface area contributed by atoms with E-state index in [2.05, 4.69) is 0 Å². The molecule has 1 aromatic rings. The summed E-state index contributed by atoms with van der Waals surface area (Å²) in [7, 11) is 0. The Kier molecular flexibility index (Phi) is 1.67. The Morgan fingerprint density at radius 1 is 1.40 bits per heavy atom. The van der Waals surface area contributed by atoms with Crippen molar-refractivity contribution in [1.29, 1.82) is 0 Å². The smallest absolute Gasteiger partial charge is 0.214 e. The van der Waals surface area contributed by atoms with E-state index >= 15 is 0 Å². The van der Waals surface area contributed by atoms with Gasteiger partial charge in [-0.3, -0.25) is 9.90 Å². The van der Waals surface area contributed by atoms with Crippen LogP contribution in [0.25, 0.3) is 0 Å². The fraction of sp³-hybridized carbons (Fsp3) is 0. The standard InChI is InChI=1S/C7H4FO2/c8-6-3-5(4-9)1-2-7(6)10/h1-4H. The highest BCUT2D eigenvalue weighted by Gasteiger charge is 2.01. The van der Waals surface area contributed by atoms with Gasteiger partial charge >= 0.3 is 0 Å². The molecule has 0 heterocycles. The van der Waals surface area contributed by atoms with Crippen molar-refractivity contribution in [3.8, 4) is 5.75 Å². The first-order valence-corrected chi connectivity index (χ1v) is 2.66. The van der Waals surface area contributed by atoms with Crippen molar-refractivity contribution in [2.24, 2.45) is 0 Å². The Bertz CT molecular complexity index is 258. The molecule has 0 atom stereocenters. The average Bonchev–Trinajstić information content (AvgIpc) is 1.95. The molecule has 0 amide bonds. The largest absolute Gasteiger partial charge is 0.298 e. The van der Waals surface area contributed by atoms with Gasteiger partial charge in [-0.1, -0.05) is 0 Å². The van der Waals surface area contributed by atoms with Gasteiger partial charge in [0.05, 0.1) is 0 Å². The van der Waals surface area contributed by atoms with Crippen LogP contribution in [-0.2, 0) is 5.11 Å². The maximum absolute atomic E-state index is 12.3. The highest BCUT2D eigenvalue weighted by Crippen LogP contribution is 2.15. The number of carbonyl (C=O) groups is 1. The van der Waals surface area contributed by atoms with Gasteiger partial charge in [0.25, 0.3) is 0 Å². The molecule has 0 spiro atoms. The minimum Gasteiger partial charge on any atom is -0.298 e. The fourth-order valence-corrected chi connectivity index (χ4v) is 0.590. The van der Waals surface area contributed by atoms with Crippen LogP contribution in [0, 0.1) is 5.82 Å². The summed E-state index contributed by atoms with van der Waals surface area (Å²) in [6, 6.07) is 3.22. The van der Waals surface area contributed by atoms with Crippen LogP contribution >= 0.6 is 0 Å². The lowest BCUT2D eigenvalue weighted by Gasteiger charge is -1.90. The summed E-state index contributed by atoms with van der Waals surface area (Å²) >= 11 is 0. The van der Waals surface area contributed by atoms with Crippen LogP contribution in [0.2, 0.25) is 0 Å². The summed E-state index contributed by atoms with van der Waals surface area (Å²) in [5, 5.41) is 10.4. The molecule has 0 aliphatic carbocycles. The van der Waals surface area contributed by atoms with Gasteiger partial charge in [-0.15, -0.1) is 0 Å². The Balaban J connectivity index is 3.16. The van der Waals surface area contributed by atoms with E-state index in [9.17, 15) is 14.3 Å². The number of carbonyl (C=O) groups excluding carboxylic acids is 1. The topological polar surface area (TPSA) is 37.0 Å². The molecular formula is C7H4FO2. The van der Waals surface area contributed by atoms with Crippen molar-refractivity contribution in [3.63, 3.8) is 0 Å². The molecule has 1 aromatic carbocycles. The van der Waals surface area contributed by atoms with Crippen molar-refractivity contribution < 1.29 is 14.3 Å². The second-order valence-corrected chi connectivity index (χ2v) is 1.81. The summed E-state index contributed by atoms with van der Waals surface area (Å²) in [6.07, 6.45) is 0.489. The van der Waals surface area contributed by atoms with Crippen LogP contribution < -0.4 is 0 Å². The third-order valence-corrected chi connectivity index (χ3v) is 1.09. The molecule has 0 N–H and O–H groups in total. The minimum absolute atomic E-state index is 0.178. The van der Waals surface area contributed by atoms with Gasteiger partial charge in [-0.25, -0.2) is 4.39 Å². The molecule has 0 aliphatic rings. The zero-order valence-electron chi connectivity index (χ0n) is 5.00. The second-order valence-electron chi connectivity index (χ2n) is 1.81. The Hall–Kier alpha value is -1.38. The Morgan fingerprint density at radius 3 is 2.60 bits per heavy atom. The molecule has 2 nitrogen and oxygen atoms in total. The van der Waals surface area contributed by atoms with Crippen LogP contribution in [0.3, 0.4) is 0 Å². The van der Waals surface area contributed by atoms with E-state index in [0.717, 1.165) is 12.1 Å². The number of rotatable bonds is 1. The van der Waals surface area contributed by atoms with Gasteiger partial charge in [0.2, 0.25) is 5.75 Å². The van der Waals surface area contributed by atoms with Crippen LogP contribution in [0.4, 0.5) is 4.39 Å². The van der Waals surface area contributed by atoms with Crippen molar-refractivity contribution in [3.05, 3.63) is 29.6 Å². The molecule has 0 saturated heterocycles. The number of hydrogen-bond acceptors (Lipinski definition) is 1. The molecule has 51 valence electrons. The van der Waals surface area contributed by atoms with Gasteiger partial charge in [-0.2, -0.15) is 0 Å².